The third-order valence-electron chi connectivity index (χ3n) is 12.0. The Kier molecular flexibility index (Phi) is 11.5. The minimum absolute atomic E-state index is 0.0889. The van der Waals surface area contributed by atoms with Gasteiger partial charge in [-0.3, -0.25) is 29.4 Å². The summed E-state index contributed by atoms with van der Waals surface area (Å²) in [6.07, 6.45) is 5.12. The van der Waals surface area contributed by atoms with E-state index in [2.05, 4.69) is 44.7 Å². The molecule has 0 aromatic heterocycles. The Balaban J connectivity index is 0.880. The number of fused-ring (bicyclic) bond motifs is 1. The van der Waals surface area contributed by atoms with Crippen LogP contribution in [0.4, 0.5) is 11.4 Å². The molecule has 0 radical (unpaired) electrons. The van der Waals surface area contributed by atoms with E-state index >= 15 is 0 Å². The van der Waals surface area contributed by atoms with E-state index in [1.54, 1.807) is 36.4 Å². The van der Waals surface area contributed by atoms with Gasteiger partial charge >= 0.3 is 0 Å². The molecule has 2 unspecified atom stereocenters. The van der Waals surface area contributed by atoms with E-state index in [1.807, 2.05) is 30.3 Å². The first-order valence-electron chi connectivity index (χ1n) is 20.2. The molecule has 4 N–H and O–H groups in total. The Hall–Kier alpha value is -5.65. The zero-order valence-corrected chi connectivity index (χ0v) is 33.1. The fourth-order valence-electron chi connectivity index (χ4n) is 9.03. The second-order valence-electron chi connectivity index (χ2n) is 15.8. The summed E-state index contributed by atoms with van der Waals surface area (Å²) in [7, 11) is 0. The zero-order chi connectivity index (χ0) is 40.3. The van der Waals surface area contributed by atoms with Gasteiger partial charge in [0.05, 0.1) is 11.1 Å². The molecule has 3 fully saturated rings. The van der Waals surface area contributed by atoms with E-state index in [-0.39, 0.29) is 41.5 Å². The molecule has 4 aliphatic rings. The van der Waals surface area contributed by atoms with E-state index in [9.17, 15) is 29.4 Å². The SMILES string of the molecule is O=C1CCC(N2C(=O)c3ccc(NC4CCCN(CC5CCN(c6ccc(C(=C(CCCl)c7ccc(O)cc7)c7ccc(O)cc7)cc6)CC5)C4)cc3C2=O)C(=O)N1. The number of nitrogens with zero attached hydrogens (tertiary/aromatic N) is 3. The standard InChI is InChI=1S/C46H48ClN5O6/c47-22-19-38(30-5-12-36(53)13-6-30)43(32-7-14-37(54)15-8-32)31-3-10-35(11-4-31)51-24-20-29(21-25-51)27-50-23-1-2-34(28-50)48-33-9-16-39-40(26-33)46(58)52(45(39)57)41-17-18-42(55)49-44(41)56/h3-16,26,29,34,41,48,53-54H,1-2,17-25,27-28H2,(H,49,55,56). The Morgan fingerprint density at radius 1 is 0.741 bits per heavy atom. The second-order valence-corrected chi connectivity index (χ2v) is 16.2. The van der Waals surface area contributed by atoms with Crippen molar-refractivity contribution < 1.29 is 29.4 Å². The molecule has 12 heteroatoms. The molecule has 4 aromatic carbocycles. The number of phenolic OH excluding ortho intramolecular Hbond substituents is 2. The fourth-order valence-corrected chi connectivity index (χ4v) is 9.22. The van der Waals surface area contributed by atoms with Gasteiger partial charge in [-0.1, -0.05) is 36.4 Å². The fraction of sp³-hybridized carbons (Fsp3) is 0.348. The molecule has 11 nitrogen and oxygen atoms in total. The van der Waals surface area contributed by atoms with Crippen molar-refractivity contribution in [1.29, 1.82) is 0 Å². The summed E-state index contributed by atoms with van der Waals surface area (Å²) >= 11 is 6.34. The van der Waals surface area contributed by atoms with Crippen LogP contribution in [0.3, 0.4) is 0 Å². The van der Waals surface area contributed by atoms with Gasteiger partial charge in [0.2, 0.25) is 11.8 Å². The first kappa shape index (κ1) is 39.2. The van der Waals surface area contributed by atoms with Gasteiger partial charge in [0.25, 0.3) is 11.8 Å². The van der Waals surface area contributed by atoms with E-state index in [1.165, 1.54) is 5.69 Å². The Bertz CT molecular complexity index is 2220. The lowest BCUT2D eigenvalue weighted by atomic mass is 9.88. The van der Waals surface area contributed by atoms with Gasteiger partial charge in [-0.25, -0.2) is 0 Å². The normalized spacial score (nSPS) is 20.8. The molecule has 300 valence electrons. The lowest BCUT2D eigenvalue weighted by Gasteiger charge is -2.39. The maximum absolute atomic E-state index is 13.4. The highest BCUT2D eigenvalue weighted by Crippen LogP contribution is 2.37. The van der Waals surface area contributed by atoms with Crippen LogP contribution < -0.4 is 15.5 Å². The zero-order valence-electron chi connectivity index (χ0n) is 32.3. The third-order valence-corrected chi connectivity index (χ3v) is 12.2. The number of allylic oxidation sites excluding steroid dienone is 1. The average molecular weight is 802 g/mol. The lowest BCUT2D eigenvalue weighted by molar-refractivity contribution is -0.136. The number of hydrogen-bond donors (Lipinski definition) is 4. The van der Waals surface area contributed by atoms with Crippen LogP contribution in [-0.4, -0.2) is 94.3 Å². The number of halogens is 1. The molecule has 8 rings (SSSR count). The number of phenols is 2. The topological polar surface area (TPSA) is 143 Å². The Labute approximate surface area is 343 Å². The summed E-state index contributed by atoms with van der Waals surface area (Å²) < 4.78 is 0. The number of amides is 4. The maximum atomic E-state index is 13.4. The number of hydrogen-bond acceptors (Lipinski definition) is 9. The van der Waals surface area contributed by atoms with Gasteiger partial charge in [-0.15, -0.1) is 11.6 Å². The highest BCUT2D eigenvalue weighted by molar-refractivity contribution is 6.23. The molecule has 0 bridgehead atoms. The summed E-state index contributed by atoms with van der Waals surface area (Å²) in [6, 6.07) is 27.6. The van der Waals surface area contributed by atoms with Gasteiger partial charge in [0, 0.05) is 55.9 Å². The Morgan fingerprint density at radius 3 is 2.03 bits per heavy atom. The predicted molar refractivity (Wildman–Crippen MR) is 225 cm³/mol. The van der Waals surface area contributed by atoms with Gasteiger partial charge < -0.3 is 25.3 Å². The quantitative estimate of drug-likeness (QED) is 0.0726. The number of likely N-dealkylation sites (tertiary alicyclic amines) is 1. The van der Waals surface area contributed by atoms with Crippen LogP contribution in [0, 0.1) is 5.92 Å². The molecular weight excluding hydrogens is 754 g/mol. The van der Waals surface area contributed by atoms with Crippen LogP contribution in [0.1, 0.15) is 82.4 Å². The molecule has 4 amide bonds. The molecule has 58 heavy (non-hydrogen) atoms. The molecule has 0 spiro atoms. The Morgan fingerprint density at radius 2 is 1.38 bits per heavy atom. The van der Waals surface area contributed by atoms with E-state index in [4.69, 9.17) is 11.6 Å². The summed E-state index contributed by atoms with van der Waals surface area (Å²) in [5.74, 6) is -0.556. The molecule has 4 aromatic rings. The monoisotopic (exact) mass is 801 g/mol. The number of benzene rings is 4. The van der Waals surface area contributed by atoms with Crippen LogP contribution in [0.2, 0.25) is 0 Å². The number of anilines is 2. The van der Waals surface area contributed by atoms with Crippen molar-refractivity contribution in [2.45, 2.75) is 57.0 Å². The number of nitrogens with one attached hydrogen (secondary N) is 2. The van der Waals surface area contributed by atoms with Crippen LogP contribution in [-0.2, 0) is 9.59 Å². The van der Waals surface area contributed by atoms with Crippen molar-refractivity contribution in [2.75, 3.05) is 48.8 Å². The number of carbonyl (C=O) groups excluding carboxylic acids is 4. The maximum Gasteiger partial charge on any atom is 0.262 e. The van der Waals surface area contributed by atoms with Crippen molar-refractivity contribution in [3.05, 3.63) is 119 Å². The number of alkyl halides is 1. The number of aromatic hydroxyl groups is 2. The van der Waals surface area contributed by atoms with Crippen LogP contribution in [0.25, 0.3) is 11.1 Å². The predicted octanol–water partition coefficient (Wildman–Crippen LogP) is 6.88. The van der Waals surface area contributed by atoms with Crippen molar-refractivity contribution in [1.82, 2.24) is 15.1 Å². The van der Waals surface area contributed by atoms with Crippen molar-refractivity contribution in [3.8, 4) is 11.5 Å². The third kappa shape index (κ3) is 8.33. The largest absolute Gasteiger partial charge is 0.508 e. The van der Waals surface area contributed by atoms with Crippen LogP contribution in [0.15, 0.2) is 91.0 Å². The smallest absolute Gasteiger partial charge is 0.262 e. The van der Waals surface area contributed by atoms with Gasteiger partial charge in [0.1, 0.15) is 17.5 Å². The molecule has 4 aliphatic heterocycles. The first-order valence-corrected chi connectivity index (χ1v) is 20.8. The highest BCUT2D eigenvalue weighted by Gasteiger charge is 2.44. The molecule has 4 heterocycles. The molecule has 0 aliphatic carbocycles. The molecule has 0 saturated carbocycles. The van der Waals surface area contributed by atoms with Crippen LogP contribution >= 0.6 is 11.6 Å². The van der Waals surface area contributed by atoms with Gasteiger partial charge in [-0.05, 0) is 133 Å². The van der Waals surface area contributed by atoms with Crippen LogP contribution in [0.5, 0.6) is 11.5 Å². The molecule has 2 atom stereocenters. The van der Waals surface area contributed by atoms with E-state index in [0.29, 0.717) is 18.2 Å². The summed E-state index contributed by atoms with van der Waals surface area (Å²) in [4.78, 5) is 56.6. The molecular formula is C46H48ClN5O6. The summed E-state index contributed by atoms with van der Waals surface area (Å²) in [5, 5.41) is 25.9. The minimum atomic E-state index is -0.980. The van der Waals surface area contributed by atoms with Crippen molar-refractivity contribution >= 4 is 57.8 Å². The lowest BCUT2D eigenvalue weighted by Crippen LogP contribution is -2.54. The summed E-state index contributed by atoms with van der Waals surface area (Å²) in [5.41, 5.74) is 7.67. The number of carbonyl (C=O) groups is 4. The number of rotatable bonds is 11. The first-order chi connectivity index (χ1) is 28.1. The molecule has 3 saturated heterocycles. The average Bonchev–Trinajstić information content (AvgIpc) is 3.47. The minimum Gasteiger partial charge on any atom is -0.508 e. The van der Waals surface area contributed by atoms with E-state index in [0.717, 1.165) is 96.8 Å². The highest BCUT2D eigenvalue weighted by atomic mass is 35.5. The van der Waals surface area contributed by atoms with E-state index < -0.39 is 29.7 Å². The van der Waals surface area contributed by atoms with Gasteiger partial charge in [0.15, 0.2) is 0 Å². The van der Waals surface area contributed by atoms with Gasteiger partial charge in [-0.2, -0.15) is 0 Å². The second kappa shape index (κ2) is 17.1. The number of imide groups is 2. The number of piperidine rings is 3. The summed E-state index contributed by atoms with van der Waals surface area (Å²) in [6.45, 7) is 4.92. The van der Waals surface area contributed by atoms with Crippen molar-refractivity contribution in [2.24, 2.45) is 5.92 Å². The van der Waals surface area contributed by atoms with Crippen molar-refractivity contribution in [3.63, 3.8) is 0 Å².